The Balaban J connectivity index is 1.59. The summed E-state index contributed by atoms with van der Waals surface area (Å²) in [6, 6.07) is 11.1. The minimum Gasteiger partial charge on any atom is -0.311 e. The highest BCUT2D eigenvalue weighted by Gasteiger charge is 2.34. The van der Waals surface area contributed by atoms with Crippen LogP contribution < -0.4 is 5.32 Å². The Morgan fingerprint density at radius 3 is 2.58 bits per heavy atom. The van der Waals surface area contributed by atoms with Crippen molar-refractivity contribution in [1.82, 2.24) is 15.1 Å². The van der Waals surface area contributed by atoms with Crippen molar-refractivity contribution >= 4 is 5.78 Å². The number of rotatable bonds is 3. The minimum atomic E-state index is 0.164. The molecule has 126 valence electrons. The Hall–Kier alpha value is -1.94. The molecule has 2 aromatic rings. The van der Waals surface area contributed by atoms with Crippen LogP contribution in [0.25, 0.3) is 5.69 Å². The van der Waals surface area contributed by atoms with Crippen LogP contribution in [0.1, 0.15) is 53.8 Å². The van der Waals surface area contributed by atoms with Crippen molar-refractivity contribution in [3.8, 4) is 5.69 Å². The second kappa shape index (κ2) is 6.17. The van der Waals surface area contributed by atoms with Crippen molar-refractivity contribution in [3.05, 3.63) is 47.3 Å². The predicted molar refractivity (Wildman–Crippen MR) is 94.7 cm³/mol. The fourth-order valence-corrected chi connectivity index (χ4v) is 4.40. The standard InChI is InChI=1S/C20H25N3O/c1-13-9-14(2)23(22-13)19-8-3-5-15(12-19)20(24)16-10-17-6-4-7-18(11-16)21-17/h3,5,8-9,12,16-18,21H,4,6-7,10-11H2,1-2H3. The zero-order chi connectivity index (χ0) is 16.7. The first-order valence-electron chi connectivity index (χ1n) is 9.04. The molecule has 2 atom stereocenters. The third kappa shape index (κ3) is 2.91. The van der Waals surface area contributed by atoms with E-state index < -0.39 is 0 Å². The maximum absolute atomic E-state index is 13.0. The van der Waals surface area contributed by atoms with Crippen LogP contribution in [0, 0.1) is 19.8 Å². The Labute approximate surface area is 143 Å². The van der Waals surface area contributed by atoms with Crippen LogP contribution in [0.3, 0.4) is 0 Å². The van der Waals surface area contributed by atoms with Gasteiger partial charge in [-0.15, -0.1) is 0 Å². The van der Waals surface area contributed by atoms with Crippen LogP contribution in [0.5, 0.6) is 0 Å². The summed E-state index contributed by atoms with van der Waals surface area (Å²) in [5, 5.41) is 8.21. The number of benzene rings is 1. The van der Waals surface area contributed by atoms with E-state index in [9.17, 15) is 4.79 Å². The van der Waals surface area contributed by atoms with E-state index in [1.807, 2.05) is 42.8 Å². The molecule has 0 radical (unpaired) electrons. The first kappa shape index (κ1) is 15.6. The highest BCUT2D eigenvalue weighted by molar-refractivity contribution is 5.98. The van der Waals surface area contributed by atoms with Gasteiger partial charge in [-0.3, -0.25) is 4.79 Å². The number of aryl methyl sites for hydroxylation is 2. The maximum Gasteiger partial charge on any atom is 0.166 e. The van der Waals surface area contributed by atoms with Crippen molar-refractivity contribution in [2.75, 3.05) is 0 Å². The average molecular weight is 323 g/mol. The van der Waals surface area contributed by atoms with Gasteiger partial charge in [0.1, 0.15) is 0 Å². The lowest BCUT2D eigenvalue weighted by molar-refractivity contribution is 0.0825. The molecule has 24 heavy (non-hydrogen) atoms. The molecule has 0 amide bonds. The number of piperidine rings is 2. The minimum absolute atomic E-state index is 0.164. The summed E-state index contributed by atoms with van der Waals surface area (Å²) in [4.78, 5) is 13.0. The summed E-state index contributed by atoms with van der Waals surface area (Å²) in [6.45, 7) is 4.04. The van der Waals surface area contributed by atoms with Gasteiger partial charge in [-0.05, 0) is 57.7 Å². The van der Waals surface area contributed by atoms with Gasteiger partial charge in [-0.2, -0.15) is 5.10 Å². The van der Waals surface area contributed by atoms with Gasteiger partial charge in [0.25, 0.3) is 0 Å². The summed E-state index contributed by atoms with van der Waals surface area (Å²) in [6.07, 6.45) is 5.70. The molecule has 2 bridgehead atoms. The van der Waals surface area contributed by atoms with E-state index in [0.29, 0.717) is 17.9 Å². The van der Waals surface area contributed by atoms with Crippen LogP contribution in [0.4, 0.5) is 0 Å². The van der Waals surface area contributed by atoms with Gasteiger partial charge in [0.2, 0.25) is 0 Å². The van der Waals surface area contributed by atoms with Crippen molar-refractivity contribution in [1.29, 1.82) is 0 Å². The maximum atomic E-state index is 13.0. The molecule has 0 saturated carbocycles. The fourth-order valence-electron chi connectivity index (χ4n) is 4.40. The lowest BCUT2D eigenvalue weighted by Gasteiger charge is -2.39. The second-order valence-corrected chi connectivity index (χ2v) is 7.41. The zero-order valence-corrected chi connectivity index (χ0v) is 14.5. The molecular formula is C20H25N3O. The molecule has 2 saturated heterocycles. The summed E-state index contributed by atoms with van der Waals surface area (Å²) >= 11 is 0. The molecule has 4 heteroatoms. The largest absolute Gasteiger partial charge is 0.311 e. The van der Waals surface area contributed by atoms with Gasteiger partial charge >= 0.3 is 0 Å². The van der Waals surface area contributed by atoms with E-state index in [0.717, 1.165) is 35.5 Å². The molecule has 2 unspecified atom stereocenters. The molecule has 4 nitrogen and oxygen atoms in total. The number of Topliss-reactive ketones (excluding diaryl/α,β-unsaturated/α-hetero) is 1. The lowest BCUT2D eigenvalue weighted by Crippen LogP contribution is -2.50. The molecular weight excluding hydrogens is 298 g/mol. The number of hydrogen-bond donors (Lipinski definition) is 1. The summed E-state index contributed by atoms with van der Waals surface area (Å²) in [7, 11) is 0. The topological polar surface area (TPSA) is 46.9 Å². The number of nitrogens with one attached hydrogen (secondary N) is 1. The first-order chi connectivity index (χ1) is 11.6. The van der Waals surface area contributed by atoms with Crippen LogP contribution in [0.15, 0.2) is 30.3 Å². The van der Waals surface area contributed by atoms with Gasteiger partial charge in [-0.25, -0.2) is 4.68 Å². The quantitative estimate of drug-likeness (QED) is 0.878. The van der Waals surface area contributed by atoms with E-state index in [4.69, 9.17) is 0 Å². The predicted octanol–water partition coefficient (Wildman–Crippen LogP) is 3.59. The third-order valence-electron chi connectivity index (χ3n) is 5.47. The van der Waals surface area contributed by atoms with Gasteiger partial charge in [0.05, 0.1) is 11.4 Å². The van der Waals surface area contributed by atoms with Gasteiger partial charge < -0.3 is 5.32 Å². The normalized spacial score (nSPS) is 26.3. The zero-order valence-electron chi connectivity index (χ0n) is 14.5. The molecule has 2 aliphatic rings. The van der Waals surface area contributed by atoms with Crippen molar-refractivity contribution in [3.63, 3.8) is 0 Å². The van der Waals surface area contributed by atoms with Gasteiger partial charge in [0.15, 0.2) is 5.78 Å². The highest BCUT2D eigenvalue weighted by Crippen LogP contribution is 2.32. The summed E-state index contributed by atoms with van der Waals surface area (Å²) < 4.78 is 1.92. The Morgan fingerprint density at radius 1 is 1.17 bits per heavy atom. The second-order valence-electron chi connectivity index (χ2n) is 7.41. The van der Waals surface area contributed by atoms with E-state index in [1.54, 1.807) is 0 Å². The number of hydrogen-bond acceptors (Lipinski definition) is 3. The van der Waals surface area contributed by atoms with Crippen molar-refractivity contribution in [2.24, 2.45) is 5.92 Å². The molecule has 1 aromatic heterocycles. The SMILES string of the molecule is Cc1cc(C)n(-c2cccc(C(=O)C3CC4CCCC(C3)N4)c2)n1. The highest BCUT2D eigenvalue weighted by atomic mass is 16.1. The Kier molecular flexibility index (Phi) is 4.01. The average Bonchev–Trinajstić information content (AvgIpc) is 2.92. The lowest BCUT2D eigenvalue weighted by atomic mass is 9.77. The van der Waals surface area contributed by atoms with Crippen LogP contribution in [-0.4, -0.2) is 27.6 Å². The van der Waals surface area contributed by atoms with Crippen molar-refractivity contribution < 1.29 is 4.79 Å². The monoisotopic (exact) mass is 323 g/mol. The van der Waals surface area contributed by atoms with E-state index >= 15 is 0 Å². The number of nitrogens with zero attached hydrogens (tertiary/aromatic N) is 2. The molecule has 2 aliphatic heterocycles. The fraction of sp³-hybridized carbons (Fsp3) is 0.500. The molecule has 2 fully saturated rings. The number of aromatic nitrogens is 2. The number of carbonyl (C=O) groups is 1. The number of carbonyl (C=O) groups excluding carboxylic acids is 1. The Bertz CT molecular complexity index is 752. The van der Waals surface area contributed by atoms with E-state index in [1.165, 1.54) is 19.3 Å². The molecule has 3 heterocycles. The third-order valence-corrected chi connectivity index (χ3v) is 5.47. The summed E-state index contributed by atoms with van der Waals surface area (Å²) in [5.41, 5.74) is 3.88. The Morgan fingerprint density at radius 2 is 1.92 bits per heavy atom. The summed E-state index contributed by atoms with van der Waals surface area (Å²) in [5.74, 6) is 0.467. The van der Waals surface area contributed by atoms with Gasteiger partial charge in [0, 0.05) is 29.3 Å². The number of ketones is 1. The van der Waals surface area contributed by atoms with Crippen LogP contribution in [0.2, 0.25) is 0 Å². The molecule has 0 spiro atoms. The smallest absolute Gasteiger partial charge is 0.166 e. The van der Waals surface area contributed by atoms with Gasteiger partial charge in [-0.1, -0.05) is 18.6 Å². The first-order valence-corrected chi connectivity index (χ1v) is 9.04. The van der Waals surface area contributed by atoms with Crippen LogP contribution >= 0.6 is 0 Å². The van der Waals surface area contributed by atoms with Crippen molar-refractivity contribution in [2.45, 2.75) is 58.0 Å². The number of fused-ring (bicyclic) bond motifs is 2. The van der Waals surface area contributed by atoms with E-state index in [-0.39, 0.29) is 5.92 Å². The molecule has 1 aromatic carbocycles. The molecule has 0 aliphatic carbocycles. The molecule has 4 rings (SSSR count). The van der Waals surface area contributed by atoms with Crippen LogP contribution in [-0.2, 0) is 0 Å². The van der Waals surface area contributed by atoms with E-state index in [2.05, 4.69) is 16.5 Å². The molecule has 1 N–H and O–H groups in total.